The predicted octanol–water partition coefficient (Wildman–Crippen LogP) is 0.532. The minimum atomic E-state index is -2.39. The molecule has 0 spiro atoms. The van der Waals surface area contributed by atoms with Crippen LogP contribution < -0.4 is 0 Å². The van der Waals surface area contributed by atoms with E-state index >= 15 is 0 Å². The van der Waals surface area contributed by atoms with Gasteiger partial charge in [-0.2, -0.15) is 0 Å². The van der Waals surface area contributed by atoms with Crippen molar-refractivity contribution in [1.29, 1.82) is 0 Å². The monoisotopic (exact) mass is 612 g/mol. The molecule has 0 aromatic rings. The molecular weight excluding hydrogens is 572 g/mol. The second-order valence-corrected chi connectivity index (χ2v) is 11.7. The smallest absolute Gasteiger partial charge is 0.337 e. The van der Waals surface area contributed by atoms with Gasteiger partial charge < -0.3 is 38.6 Å². The van der Waals surface area contributed by atoms with Gasteiger partial charge in [-0.15, -0.1) is 0 Å². The number of esters is 6. The molecule has 1 saturated heterocycles. The van der Waals surface area contributed by atoms with Crippen LogP contribution in [0.4, 0.5) is 0 Å². The molecule has 0 aromatic carbocycles. The Kier molecular flexibility index (Phi) is 9.96. The van der Waals surface area contributed by atoms with Gasteiger partial charge in [0.25, 0.3) is 0 Å². The highest BCUT2D eigenvalue weighted by Crippen LogP contribution is 2.56. The Hall–Kier alpha value is -3.52. The zero-order valence-electron chi connectivity index (χ0n) is 25.5. The van der Waals surface area contributed by atoms with Crippen LogP contribution in [0.2, 0.25) is 0 Å². The maximum Gasteiger partial charge on any atom is 0.337 e. The molecule has 240 valence electrons. The van der Waals surface area contributed by atoms with Crippen molar-refractivity contribution in [3.63, 3.8) is 0 Å². The third kappa shape index (κ3) is 6.26. The van der Waals surface area contributed by atoms with Crippen LogP contribution >= 0.6 is 0 Å². The fourth-order valence-electron chi connectivity index (χ4n) is 6.92. The van der Waals surface area contributed by atoms with Gasteiger partial charge in [-0.25, -0.2) is 4.79 Å². The number of hydrogen-bond acceptors (Lipinski definition) is 14. The molecule has 1 saturated carbocycles. The fourth-order valence-corrected chi connectivity index (χ4v) is 6.92. The molecule has 0 amide bonds. The molecule has 14 nitrogen and oxygen atoms in total. The number of aliphatic hydroxyl groups is 2. The third-order valence-corrected chi connectivity index (χ3v) is 9.01. The highest BCUT2D eigenvalue weighted by atomic mass is 16.6. The number of rotatable bonds is 5. The van der Waals surface area contributed by atoms with Crippen molar-refractivity contribution in [3.05, 3.63) is 11.6 Å². The summed E-state index contributed by atoms with van der Waals surface area (Å²) in [5.41, 5.74) is -4.34. The van der Waals surface area contributed by atoms with E-state index in [0.717, 1.165) is 40.9 Å². The summed E-state index contributed by atoms with van der Waals surface area (Å²) < 4.78 is 33.3. The first kappa shape index (κ1) is 34.0. The second kappa shape index (κ2) is 12.6. The van der Waals surface area contributed by atoms with E-state index in [1.165, 1.54) is 6.92 Å². The Balaban J connectivity index is 2.52. The second-order valence-electron chi connectivity index (χ2n) is 11.7. The van der Waals surface area contributed by atoms with Gasteiger partial charge in [0.1, 0.15) is 24.4 Å². The lowest BCUT2D eigenvalue weighted by atomic mass is 9.52. The van der Waals surface area contributed by atoms with Gasteiger partial charge in [-0.1, -0.05) is 13.8 Å². The van der Waals surface area contributed by atoms with Crippen molar-refractivity contribution in [2.24, 2.45) is 23.2 Å². The van der Waals surface area contributed by atoms with Crippen LogP contribution in [0.1, 0.15) is 61.3 Å². The Bertz CT molecular complexity index is 1190. The first-order chi connectivity index (χ1) is 19.9. The Morgan fingerprint density at radius 2 is 1.40 bits per heavy atom. The lowest BCUT2D eigenvalue weighted by Gasteiger charge is -2.58. The molecule has 2 aliphatic carbocycles. The molecule has 14 heteroatoms. The summed E-state index contributed by atoms with van der Waals surface area (Å²) >= 11 is 0. The van der Waals surface area contributed by atoms with E-state index < -0.39 is 108 Å². The summed E-state index contributed by atoms with van der Waals surface area (Å²) in [6.07, 6.45) is -7.99. The molecule has 1 aliphatic heterocycles. The summed E-state index contributed by atoms with van der Waals surface area (Å²) in [5.74, 6) is -8.50. The zero-order chi connectivity index (χ0) is 32.6. The molecule has 3 rings (SSSR count). The number of carbonyl (C=O) groups is 6. The lowest BCUT2D eigenvalue weighted by molar-refractivity contribution is -0.252. The van der Waals surface area contributed by atoms with Crippen LogP contribution in [-0.2, 0) is 57.2 Å². The average molecular weight is 613 g/mol. The molecule has 5 unspecified atom stereocenters. The zero-order valence-corrected chi connectivity index (χ0v) is 25.5. The molecule has 2 fully saturated rings. The molecule has 1 heterocycles. The molecule has 43 heavy (non-hydrogen) atoms. The number of fused-ring (bicyclic) bond motifs is 2. The highest BCUT2D eigenvalue weighted by molar-refractivity contribution is 5.90. The summed E-state index contributed by atoms with van der Waals surface area (Å²) in [5, 5.41) is 23.7. The van der Waals surface area contributed by atoms with Crippen LogP contribution in [-0.4, -0.2) is 95.4 Å². The Labute approximate surface area is 248 Å². The van der Waals surface area contributed by atoms with E-state index in [1.54, 1.807) is 13.8 Å². The number of hydrogen-bond donors (Lipinski definition) is 2. The Morgan fingerprint density at radius 1 is 0.884 bits per heavy atom. The molecule has 0 bridgehead atoms. The van der Waals surface area contributed by atoms with E-state index in [2.05, 4.69) is 0 Å². The quantitative estimate of drug-likeness (QED) is 0.322. The minimum Gasteiger partial charge on any atom is -0.466 e. The topological polar surface area (TPSA) is 198 Å². The third-order valence-electron chi connectivity index (χ3n) is 9.01. The molecule has 2 N–H and O–H groups in total. The summed E-state index contributed by atoms with van der Waals surface area (Å²) in [7, 11) is 1.06. The van der Waals surface area contributed by atoms with Crippen molar-refractivity contribution in [1.82, 2.24) is 0 Å². The predicted molar refractivity (Wildman–Crippen MR) is 142 cm³/mol. The molecule has 11 atom stereocenters. The van der Waals surface area contributed by atoms with Crippen molar-refractivity contribution in [2.45, 2.75) is 104 Å². The van der Waals surface area contributed by atoms with Crippen LogP contribution in [0.5, 0.6) is 0 Å². The van der Waals surface area contributed by atoms with Crippen molar-refractivity contribution >= 4 is 35.8 Å². The van der Waals surface area contributed by atoms with Gasteiger partial charge in [-0.05, 0) is 18.9 Å². The first-order valence-corrected chi connectivity index (χ1v) is 14.0. The summed E-state index contributed by atoms with van der Waals surface area (Å²) in [4.78, 5) is 76.0. The SMILES string of the molecule is COC(=O)/C1=C/C2OC(=O)C(C)C2(O)[C@H](OC(C)=O)C2[C@@H](C)[C@@H](O)CC(OC(C)=O)[C@]2(C)[C@H](OC(C)=O)C[C@H]1OC(C)=O. The van der Waals surface area contributed by atoms with Crippen LogP contribution in [0.25, 0.3) is 0 Å². The maximum absolute atomic E-state index is 13.1. The van der Waals surface area contributed by atoms with Gasteiger partial charge in [0.2, 0.25) is 0 Å². The largest absolute Gasteiger partial charge is 0.466 e. The maximum atomic E-state index is 13.1. The molecule has 3 aliphatic rings. The van der Waals surface area contributed by atoms with E-state index in [9.17, 15) is 39.0 Å². The number of ether oxygens (including phenoxy) is 6. The van der Waals surface area contributed by atoms with Gasteiger partial charge in [0.05, 0.1) is 24.7 Å². The number of methoxy groups -OCH3 is 1. The van der Waals surface area contributed by atoms with Crippen LogP contribution in [0.3, 0.4) is 0 Å². The van der Waals surface area contributed by atoms with E-state index in [4.69, 9.17) is 28.4 Å². The van der Waals surface area contributed by atoms with E-state index in [-0.39, 0.29) is 12.0 Å². The lowest BCUT2D eigenvalue weighted by Crippen LogP contribution is -2.69. The minimum absolute atomic E-state index is 0.150. The first-order valence-electron chi connectivity index (χ1n) is 14.0. The fraction of sp³-hybridized carbons (Fsp3) is 0.724. The average Bonchev–Trinajstić information content (AvgIpc) is 3.11. The number of carbonyl (C=O) groups excluding carboxylic acids is 6. The van der Waals surface area contributed by atoms with Gasteiger partial charge in [0.15, 0.2) is 11.7 Å². The molecular formula is C29H40O14. The summed E-state index contributed by atoms with van der Waals surface area (Å²) in [6, 6.07) is 0. The van der Waals surface area contributed by atoms with E-state index in [1.807, 2.05) is 0 Å². The normalized spacial score (nSPS) is 40.3. The summed E-state index contributed by atoms with van der Waals surface area (Å²) in [6.45, 7) is 8.95. The van der Waals surface area contributed by atoms with E-state index in [0.29, 0.717) is 0 Å². The van der Waals surface area contributed by atoms with Crippen molar-refractivity contribution < 1.29 is 67.4 Å². The van der Waals surface area contributed by atoms with Gasteiger partial charge in [0, 0.05) is 51.9 Å². The van der Waals surface area contributed by atoms with Gasteiger partial charge in [-0.3, -0.25) is 24.0 Å². The molecule has 0 radical (unpaired) electrons. The standard InChI is InChI=1S/C29H40O14/c1-12-19(34)10-21(40-15(4)31)28(7)22(41-16(5)32)11-20(39-14(3)30)18(27(36)38-8)9-23-29(37,13(2)26(35)43-23)25(24(12)28)42-17(6)33/h9,12-13,19-25,34,37H,10-11H2,1-8H3/b18-9+/t12-,13?,19-,20+,21?,22+,23?,24?,25+,28+,29?/m0/s1. The highest BCUT2D eigenvalue weighted by Gasteiger charge is 2.69. The van der Waals surface area contributed by atoms with Crippen LogP contribution in [0, 0.1) is 23.2 Å². The van der Waals surface area contributed by atoms with Crippen LogP contribution in [0.15, 0.2) is 11.6 Å². The van der Waals surface area contributed by atoms with Crippen molar-refractivity contribution in [2.75, 3.05) is 7.11 Å². The van der Waals surface area contributed by atoms with Crippen molar-refractivity contribution in [3.8, 4) is 0 Å². The Morgan fingerprint density at radius 3 is 1.88 bits per heavy atom. The number of aliphatic hydroxyl groups excluding tert-OH is 1. The molecule has 0 aromatic heterocycles. The van der Waals surface area contributed by atoms with Gasteiger partial charge >= 0.3 is 35.8 Å².